The minimum atomic E-state index is -0.888. The van der Waals surface area contributed by atoms with Gasteiger partial charge in [-0.2, -0.15) is 0 Å². The second-order valence-corrected chi connectivity index (χ2v) is 6.18. The Balaban J connectivity index is 1.55. The van der Waals surface area contributed by atoms with Crippen LogP contribution in [0.3, 0.4) is 0 Å². The fourth-order valence-electron chi connectivity index (χ4n) is 2.63. The maximum Gasteiger partial charge on any atom is 0.351 e. The maximum absolute atomic E-state index is 12.1. The van der Waals surface area contributed by atoms with Crippen molar-refractivity contribution in [3.05, 3.63) is 82.2 Å². The lowest BCUT2D eigenvalue weighted by molar-refractivity contribution is -0.124. The first-order chi connectivity index (χ1) is 13.0. The molecular weight excluding hydrogens is 346 g/mol. The normalized spacial score (nSPS) is 11.7. The zero-order chi connectivity index (χ0) is 19.2. The predicted molar refractivity (Wildman–Crippen MR) is 101 cm³/mol. The number of amides is 1. The summed E-state index contributed by atoms with van der Waals surface area (Å²) in [5.74, 6) is -1.20. The summed E-state index contributed by atoms with van der Waals surface area (Å²) in [7, 11) is 0. The molecule has 0 aliphatic heterocycles. The summed E-state index contributed by atoms with van der Waals surface area (Å²) < 4.78 is 10.0. The number of esters is 1. The van der Waals surface area contributed by atoms with Crippen molar-refractivity contribution in [1.82, 2.24) is 5.32 Å². The van der Waals surface area contributed by atoms with Gasteiger partial charge in [-0.25, -0.2) is 9.59 Å². The Bertz CT molecular complexity index is 1010. The van der Waals surface area contributed by atoms with Gasteiger partial charge < -0.3 is 14.5 Å². The van der Waals surface area contributed by atoms with E-state index in [1.165, 1.54) is 6.07 Å². The molecule has 0 saturated carbocycles. The number of nitrogens with one attached hydrogen (secondary N) is 1. The van der Waals surface area contributed by atoms with E-state index in [0.717, 1.165) is 5.56 Å². The lowest BCUT2D eigenvalue weighted by atomic mass is 10.0. The summed E-state index contributed by atoms with van der Waals surface area (Å²) >= 11 is 0. The Labute approximate surface area is 155 Å². The van der Waals surface area contributed by atoms with Gasteiger partial charge in [-0.3, -0.25) is 4.79 Å². The van der Waals surface area contributed by atoms with Crippen LogP contribution in [0.4, 0.5) is 0 Å². The first-order valence-electron chi connectivity index (χ1n) is 8.56. The lowest BCUT2D eigenvalue weighted by Crippen LogP contribution is -2.32. The topological polar surface area (TPSA) is 85.6 Å². The molecule has 3 aromatic rings. The number of hydrogen-bond donors (Lipinski definition) is 1. The summed E-state index contributed by atoms with van der Waals surface area (Å²) in [6, 6.07) is 18.0. The molecule has 0 saturated heterocycles. The van der Waals surface area contributed by atoms with Crippen molar-refractivity contribution in [1.29, 1.82) is 0 Å². The highest BCUT2D eigenvalue weighted by Gasteiger charge is 2.17. The van der Waals surface area contributed by atoms with Gasteiger partial charge in [0.15, 0.2) is 6.61 Å². The molecule has 0 spiro atoms. The Hall–Kier alpha value is -3.41. The molecule has 0 radical (unpaired) electrons. The first-order valence-corrected chi connectivity index (χ1v) is 8.56. The smallest absolute Gasteiger partial charge is 0.351 e. The van der Waals surface area contributed by atoms with Crippen molar-refractivity contribution in [3.8, 4) is 0 Å². The van der Waals surface area contributed by atoms with E-state index in [4.69, 9.17) is 9.15 Å². The van der Waals surface area contributed by atoms with Crippen molar-refractivity contribution in [2.24, 2.45) is 0 Å². The number of ether oxygens (including phenoxy) is 1. The van der Waals surface area contributed by atoms with Gasteiger partial charge in [0.05, 0.1) is 0 Å². The Morgan fingerprint density at radius 3 is 2.56 bits per heavy atom. The van der Waals surface area contributed by atoms with Crippen LogP contribution in [0.2, 0.25) is 0 Å². The van der Waals surface area contributed by atoms with Gasteiger partial charge >= 0.3 is 11.6 Å². The van der Waals surface area contributed by atoms with Crippen molar-refractivity contribution in [2.45, 2.75) is 12.8 Å². The summed E-state index contributed by atoms with van der Waals surface area (Å²) in [6.45, 7) is 1.94. The number of hydrogen-bond acceptors (Lipinski definition) is 5. The van der Waals surface area contributed by atoms with Crippen LogP contribution in [-0.2, 0) is 9.53 Å². The molecule has 3 rings (SSSR count). The van der Waals surface area contributed by atoms with Crippen LogP contribution in [0, 0.1) is 0 Å². The van der Waals surface area contributed by atoms with Crippen LogP contribution < -0.4 is 10.9 Å². The third kappa shape index (κ3) is 4.61. The summed E-state index contributed by atoms with van der Waals surface area (Å²) in [6.07, 6.45) is 0. The summed E-state index contributed by atoms with van der Waals surface area (Å²) in [4.78, 5) is 36.0. The molecule has 1 aromatic heterocycles. The van der Waals surface area contributed by atoms with Gasteiger partial charge in [-0.1, -0.05) is 55.5 Å². The molecule has 1 N–H and O–H groups in total. The maximum atomic E-state index is 12.1. The van der Waals surface area contributed by atoms with Crippen LogP contribution in [0.15, 0.2) is 69.9 Å². The molecule has 2 aromatic carbocycles. The van der Waals surface area contributed by atoms with Crippen LogP contribution >= 0.6 is 0 Å². The molecule has 1 heterocycles. The third-order valence-electron chi connectivity index (χ3n) is 4.17. The van der Waals surface area contributed by atoms with Gasteiger partial charge in [0.25, 0.3) is 5.91 Å². The van der Waals surface area contributed by atoms with Gasteiger partial charge in [0.1, 0.15) is 11.1 Å². The number of carbonyl (C=O) groups is 2. The Morgan fingerprint density at radius 2 is 1.78 bits per heavy atom. The summed E-state index contributed by atoms with van der Waals surface area (Å²) in [5, 5.41) is 3.32. The van der Waals surface area contributed by atoms with Crippen LogP contribution in [0.25, 0.3) is 11.0 Å². The zero-order valence-corrected chi connectivity index (χ0v) is 14.8. The fourth-order valence-corrected chi connectivity index (χ4v) is 2.63. The summed E-state index contributed by atoms with van der Waals surface area (Å²) in [5.41, 5.74) is 0.450. The molecule has 6 heteroatoms. The number of carbonyl (C=O) groups excluding carboxylic acids is 2. The third-order valence-corrected chi connectivity index (χ3v) is 4.17. The second-order valence-electron chi connectivity index (χ2n) is 6.18. The molecule has 0 unspecified atom stereocenters. The molecule has 1 atom stereocenters. The highest BCUT2D eigenvalue weighted by molar-refractivity contribution is 5.94. The standard InChI is InChI=1S/C21H19NO5/c1-14(15-7-3-2-4-8-15)12-22-19(23)13-26-20(24)17-11-16-9-5-6-10-18(16)27-21(17)25/h2-11,14H,12-13H2,1H3,(H,22,23)/t14-/m0/s1. The Morgan fingerprint density at radius 1 is 1.07 bits per heavy atom. The predicted octanol–water partition coefficient (Wildman–Crippen LogP) is 2.87. The number of para-hydroxylation sites is 1. The molecule has 138 valence electrons. The molecule has 0 aliphatic carbocycles. The van der Waals surface area contributed by atoms with Crippen LogP contribution in [-0.4, -0.2) is 25.0 Å². The van der Waals surface area contributed by atoms with Crippen molar-refractivity contribution in [2.75, 3.05) is 13.2 Å². The number of benzene rings is 2. The van der Waals surface area contributed by atoms with Gasteiger partial charge in [0, 0.05) is 11.9 Å². The number of rotatable bonds is 6. The molecule has 6 nitrogen and oxygen atoms in total. The highest BCUT2D eigenvalue weighted by Crippen LogP contribution is 2.14. The average Bonchev–Trinajstić information content (AvgIpc) is 2.70. The monoisotopic (exact) mass is 365 g/mol. The highest BCUT2D eigenvalue weighted by atomic mass is 16.5. The van der Waals surface area contributed by atoms with Crippen molar-refractivity contribution >= 4 is 22.8 Å². The quantitative estimate of drug-likeness (QED) is 0.536. The molecule has 0 aliphatic rings. The molecule has 1 amide bonds. The van der Waals surface area contributed by atoms with Gasteiger partial charge in [-0.05, 0) is 23.6 Å². The van der Waals surface area contributed by atoms with E-state index in [1.807, 2.05) is 37.3 Å². The van der Waals surface area contributed by atoms with E-state index < -0.39 is 24.1 Å². The minimum Gasteiger partial charge on any atom is -0.452 e. The zero-order valence-electron chi connectivity index (χ0n) is 14.8. The van der Waals surface area contributed by atoms with E-state index in [1.54, 1.807) is 24.3 Å². The molecule has 0 bridgehead atoms. The Kier molecular flexibility index (Phi) is 5.66. The van der Waals surface area contributed by atoms with Gasteiger partial charge in [0.2, 0.25) is 0 Å². The van der Waals surface area contributed by atoms with E-state index >= 15 is 0 Å². The van der Waals surface area contributed by atoms with E-state index in [0.29, 0.717) is 17.5 Å². The average molecular weight is 365 g/mol. The first kappa shape index (κ1) is 18.4. The molecular formula is C21H19NO5. The van der Waals surface area contributed by atoms with Gasteiger partial charge in [-0.15, -0.1) is 0 Å². The molecule has 27 heavy (non-hydrogen) atoms. The second kappa shape index (κ2) is 8.31. The number of fused-ring (bicyclic) bond motifs is 1. The van der Waals surface area contributed by atoms with E-state index in [2.05, 4.69) is 5.32 Å². The van der Waals surface area contributed by atoms with Crippen molar-refractivity contribution in [3.63, 3.8) is 0 Å². The SMILES string of the molecule is C[C@@H](CNC(=O)COC(=O)c1cc2ccccc2oc1=O)c1ccccc1. The van der Waals surface area contributed by atoms with Crippen molar-refractivity contribution < 1.29 is 18.7 Å². The van der Waals surface area contributed by atoms with E-state index in [-0.39, 0.29) is 11.5 Å². The minimum absolute atomic E-state index is 0.124. The van der Waals surface area contributed by atoms with Crippen LogP contribution in [0.1, 0.15) is 28.8 Å². The largest absolute Gasteiger partial charge is 0.452 e. The lowest BCUT2D eigenvalue weighted by Gasteiger charge is -2.13. The van der Waals surface area contributed by atoms with E-state index in [9.17, 15) is 14.4 Å². The van der Waals surface area contributed by atoms with Crippen LogP contribution in [0.5, 0.6) is 0 Å². The molecule has 0 fully saturated rings. The fraction of sp³-hybridized carbons (Fsp3) is 0.190.